The van der Waals surface area contributed by atoms with Gasteiger partial charge in [-0.05, 0) is 37.4 Å². The van der Waals surface area contributed by atoms with Crippen LogP contribution in [0.25, 0.3) is 0 Å². The fraction of sp³-hybridized carbons (Fsp3) is 0.500. The summed E-state index contributed by atoms with van der Waals surface area (Å²) in [5.74, 6) is 0.753. The lowest BCUT2D eigenvalue weighted by molar-refractivity contribution is -0.126. The Morgan fingerprint density at radius 1 is 1.44 bits per heavy atom. The maximum absolute atomic E-state index is 11.8. The van der Waals surface area contributed by atoms with Crippen molar-refractivity contribution in [3.05, 3.63) is 30.3 Å². The molecule has 0 spiro atoms. The van der Waals surface area contributed by atoms with Gasteiger partial charge < -0.3 is 15.8 Å². The van der Waals surface area contributed by atoms with E-state index >= 15 is 0 Å². The van der Waals surface area contributed by atoms with Crippen molar-refractivity contribution in [2.75, 3.05) is 13.2 Å². The highest BCUT2D eigenvalue weighted by Gasteiger charge is 2.50. The summed E-state index contributed by atoms with van der Waals surface area (Å²) >= 11 is 0. The number of para-hydroxylation sites is 1. The smallest absolute Gasteiger partial charge is 0.241 e. The number of nitrogens with two attached hydrogens (primary N) is 1. The molecule has 1 aliphatic rings. The van der Waals surface area contributed by atoms with Crippen molar-refractivity contribution >= 4 is 5.91 Å². The van der Waals surface area contributed by atoms with Gasteiger partial charge in [0.05, 0.1) is 0 Å². The highest BCUT2D eigenvalue weighted by Crippen LogP contribution is 2.40. The van der Waals surface area contributed by atoms with Crippen LogP contribution >= 0.6 is 0 Å². The minimum absolute atomic E-state index is 0.296. The van der Waals surface area contributed by atoms with Crippen LogP contribution in [0, 0.1) is 5.92 Å². The minimum Gasteiger partial charge on any atom is -0.491 e. The average molecular weight is 248 g/mol. The van der Waals surface area contributed by atoms with Crippen LogP contribution in [0.4, 0.5) is 0 Å². The van der Waals surface area contributed by atoms with Gasteiger partial charge in [0.2, 0.25) is 5.91 Å². The summed E-state index contributed by atoms with van der Waals surface area (Å²) in [6, 6.07) is 9.51. The molecule has 1 saturated carbocycles. The zero-order valence-corrected chi connectivity index (χ0v) is 10.7. The molecule has 0 saturated heterocycles. The Balaban J connectivity index is 2.07. The largest absolute Gasteiger partial charge is 0.491 e. The van der Waals surface area contributed by atoms with E-state index in [1.165, 1.54) is 0 Å². The quantitative estimate of drug-likeness (QED) is 0.764. The molecule has 0 bridgehead atoms. The standard InChI is InChI=1S/C14H20N2O2/c1-2-16-14(13(15)17,11-8-9-11)10-18-12-6-4-3-5-7-12/h3-7,11,16H,2,8-10H2,1H3,(H2,15,17). The summed E-state index contributed by atoms with van der Waals surface area (Å²) in [4.78, 5) is 11.8. The summed E-state index contributed by atoms with van der Waals surface area (Å²) in [6.45, 7) is 2.98. The first-order valence-electron chi connectivity index (χ1n) is 6.42. The van der Waals surface area contributed by atoms with Gasteiger partial charge in [0.1, 0.15) is 17.9 Å². The van der Waals surface area contributed by atoms with Gasteiger partial charge in [-0.2, -0.15) is 0 Å². The normalized spacial score (nSPS) is 18.1. The van der Waals surface area contributed by atoms with Crippen LogP contribution in [-0.2, 0) is 4.79 Å². The maximum atomic E-state index is 11.8. The number of likely N-dealkylation sites (N-methyl/N-ethyl adjacent to an activating group) is 1. The predicted molar refractivity (Wildman–Crippen MR) is 70.3 cm³/mol. The van der Waals surface area contributed by atoms with Crippen molar-refractivity contribution < 1.29 is 9.53 Å². The lowest BCUT2D eigenvalue weighted by atomic mass is 9.93. The Hall–Kier alpha value is -1.55. The lowest BCUT2D eigenvalue weighted by Crippen LogP contribution is -2.61. The molecular weight excluding hydrogens is 228 g/mol. The SMILES string of the molecule is CCNC(COc1ccccc1)(C(N)=O)C1CC1. The number of amides is 1. The van der Waals surface area contributed by atoms with Gasteiger partial charge in [0, 0.05) is 0 Å². The number of hydrogen-bond acceptors (Lipinski definition) is 3. The summed E-state index contributed by atoms with van der Waals surface area (Å²) < 4.78 is 5.72. The number of hydrogen-bond donors (Lipinski definition) is 2. The molecule has 0 heterocycles. The number of primary amides is 1. The van der Waals surface area contributed by atoms with Crippen LogP contribution in [0.2, 0.25) is 0 Å². The van der Waals surface area contributed by atoms with E-state index in [0.717, 1.165) is 18.6 Å². The van der Waals surface area contributed by atoms with Crippen molar-refractivity contribution in [1.82, 2.24) is 5.32 Å². The van der Waals surface area contributed by atoms with Crippen molar-refractivity contribution in [2.24, 2.45) is 11.7 Å². The second-order valence-corrected chi connectivity index (χ2v) is 4.74. The Kier molecular flexibility index (Phi) is 3.87. The van der Waals surface area contributed by atoms with Crippen LogP contribution in [-0.4, -0.2) is 24.6 Å². The molecule has 4 heteroatoms. The van der Waals surface area contributed by atoms with Gasteiger partial charge in [-0.1, -0.05) is 25.1 Å². The molecule has 1 aliphatic carbocycles. The molecule has 98 valence electrons. The van der Waals surface area contributed by atoms with Crippen LogP contribution in [0.1, 0.15) is 19.8 Å². The molecule has 1 atom stereocenters. The second kappa shape index (κ2) is 5.40. The van der Waals surface area contributed by atoms with Crippen LogP contribution < -0.4 is 15.8 Å². The summed E-state index contributed by atoms with van der Waals surface area (Å²) in [5.41, 5.74) is 4.86. The molecule has 0 aromatic heterocycles. The van der Waals surface area contributed by atoms with Crippen molar-refractivity contribution in [1.29, 1.82) is 0 Å². The van der Waals surface area contributed by atoms with E-state index in [0.29, 0.717) is 19.1 Å². The molecule has 0 radical (unpaired) electrons. The zero-order valence-electron chi connectivity index (χ0n) is 10.7. The monoisotopic (exact) mass is 248 g/mol. The third-order valence-electron chi connectivity index (χ3n) is 3.42. The highest BCUT2D eigenvalue weighted by molar-refractivity contribution is 5.85. The zero-order chi connectivity index (χ0) is 13.0. The summed E-state index contributed by atoms with van der Waals surface area (Å²) in [6.07, 6.45) is 2.07. The molecule has 4 nitrogen and oxygen atoms in total. The molecular formula is C14H20N2O2. The molecule has 18 heavy (non-hydrogen) atoms. The molecule has 3 N–H and O–H groups in total. The summed E-state index contributed by atoms with van der Waals surface area (Å²) in [5, 5.41) is 3.23. The number of carbonyl (C=O) groups excluding carboxylic acids is 1. The van der Waals surface area contributed by atoms with E-state index in [9.17, 15) is 4.79 Å². The molecule has 0 aliphatic heterocycles. The summed E-state index contributed by atoms with van der Waals surface area (Å²) in [7, 11) is 0. The number of ether oxygens (including phenoxy) is 1. The third kappa shape index (κ3) is 2.64. The van der Waals surface area contributed by atoms with Gasteiger partial charge in [0.25, 0.3) is 0 Å². The molecule has 2 rings (SSSR count). The number of benzene rings is 1. The van der Waals surface area contributed by atoms with Crippen molar-refractivity contribution in [3.63, 3.8) is 0 Å². The first-order chi connectivity index (χ1) is 8.69. The van der Waals surface area contributed by atoms with E-state index in [2.05, 4.69) is 5.32 Å². The first kappa shape index (κ1) is 12.9. The molecule has 1 fully saturated rings. The lowest BCUT2D eigenvalue weighted by Gasteiger charge is -2.31. The number of rotatable bonds is 7. The maximum Gasteiger partial charge on any atom is 0.241 e. The molecule has 1 amide bonds. The third-order valence-corrected chi connectivity index (χ3v) is 3.42. The molecule has 1 aromatic carbocycles. The van der Waals surface area contributed by atoms with Gasteiger partial charge in [-0.15, -0.1) is 0 Å². The average Bonchev–Trinajstić information content (AvgIpc) is 3.20. The van der Waals surface area contributed by atoms with E-state index in [4.69, 9.17) is 10.5 Å². The molecule has 1 aromatic rings. The molecule has 1 unspecified atom stereocenters. The van der Waals surface area contributed by atoms with Gasteiger partial charge in [-0.3, -0.25) is 4.79 Å². The Morgan fingerprint density at radius 2 is 2.11 bits per heavy atom. The first-order valence-corrected chi connectivity index (χ1v) is 6.42. The van der Waals surface area contributed by atoms with E-state index in [-0.39, 0.29) is 5.91 Å². The fourth-order valence-corrected chi connectivity index (χ4v) is 2.28. The Bertz CT molecular complexity index is 404. The van der Waals surface area contributed by atoms with Gasteiger partial charge in [-0.25, -0.2) is 0 Å². The van der Waals surface area contributed by atoms with Gasteiger partial charge >= 0.3 is 0 Å². The van der Waals surface area contributed by atoms with Crippen LogP contribution in [0.15, 0.2) is 30.3 Å². The second-order valence-electron chi connectivity index (χ2n) is 4.74. The van der Waals surface area contributed by atoms with Crippen molar-refractivity contribution in [2.45, 2.75) is 25.3 Å². The van der Waals surface area contributed by atoms with Crippen LogP contribution in [0.5, 0.6) is 5.75 Å². The van der Waals surface area contributed by atoms with E-state index in [1.54, 1.807) is 0 Å². The minimum atomic E-state index is -0.718. The number of carbonyl (C=O) groups is 1. The Morgan fingerprint density at radius 3 is 2.61 bits per heavy atom. The highest BCUT2D eigenvalue weighted by atomic mass is 16.5. The van der Waals surface area contributed by atoms with E-state index in [1.807, 2.05) is 37.3 Å². The number of nitrogens with one attached hydrogen (secondary N) is 1. The van der Waals surface area contributed by atoms with Crippen LogP contribution in [0.3, 0.4) is 0 Å². The fourth-order valence-electron chi connectivity index (χ4n) is 2.28. The predicted octanol–water partition coefficient (Wildman–Crippen LogP) is 1.31. The topological polar surface area (TPSA) is 64.3 Å². The Labute approximate surface area is 108 Å². The van der Waals surface area contributed by atoms with Crippen molar-refractivity contribution in [3.8, 4) is 5.75 Å². The van der Waals surface area contributed by atoms with Gasteiger partial charge in [0.15, 0.2) is 0 Å². The van der Waals surface area contributed by atoms with E-state index < -0.39 is 5.54 Å².